The summed E-state index contributed by atoms with van der Waals surface area (Å²) in [5.74, 6) is 0.420. The minimum absolute atomic E-state index is 0.0492. The highest BCUT2D eigenvalue weighted by Crippen LogP contribution is 2.25. The molecule has 0 saturated carbocycles. The highest BCUT2D eigenvalue weighted by molar-refractivity contribution is 5.71. The van der Waals surface area contributed by atoms with Gasteiger partial charge < -0.3 is 19.7 Å². The standard InChI is InChI=1S/C21H34N2O3/c1-5-6-9-23-10-7-19(8-11-23)22-14-18-12-16(2)21(17(3)13-18)26-15-20(24)25-4/h12-13,19,22H,5-11,14-15H2,1-4H3. The van der Waals surface area contributed by atoms with Gasteiger partial charge in [0.2, 0.25) is 0 Å². The molecule has 26 heavy (non-hydrogen) atoms. The maximum absolute atomic E-state index is 11.3. The number of piperidine rings is 1. The van der Waals surface area contributed by atoms with Gasteiger partial charge in [-0.3, -0.25) is 0 Å². The molecule has 1 aromatic carbocycles. The fraction of sp³-hybridized carbons (Fsp3) is 0.667. The lowest BCUT2D eigenvalue weighted by Crippen LogP contribution is -2.42. The quantitative estimate of drug-likeness (QED) is 0.684. The smallest absolute Gasteiger partial charge is 0.343 e. The van der Waals surface area contributed by atoms with Crippen LogP contribution in [0.15, 0.2) is 12.1 Å². The van der Waals surface area contributed by atoms with Gasteiger partial charge in [-0.25, -0.2) is 4.79 Å². The van der Waals surface area contributed by atoms with E-state index in [0.717, 1.165) is 23.4 Å². The van der Waals surface area contributed by atoms with E-state index in [4.69, 9.17) is 4.74 Å². The SMILES string of the molecule is CCCCN1CCC(NCc2cc(C)c(OCC(=O)OC)c(C)c2)CC1. The summed E-state index contributed by atoms with van der Waals surface area (Å²) in [6, 6.07) is 4.88. The molecule has 1 aromatic rings. The van der Waals surface area contributed by atoms with Crippen LogP contribution in [0, 0.1) is 13.8 Å². The fourth-order valence-electron chi connectivity index (χ4n) is 3.56. The molecule has 0 spiro atoms. The van der Waals surface area contributed by atoms with Crippen molar-refractivity contribution in [3.8, 4) is 5.75 Å². The average molecular weight is 363 g/mol. The predicted molar refractivity (Wildman–Crippen MR) is 105 cm³/mol. The Morgan fingerprint density at radius 1 is 1.23 bits per heavy atom. The van der Waals surface area contributed by atoms with Gasteiger partial charge in [-0.15, -0.1) is 0 Å². The van der Waals surface area contributed by atoms with E-state index in [9.17, 15) is 4.79 Å². The van der Waals surface area contributed by atoms with Gasteiger partial charge in [0.1, 0.15) is 5.75 Å². The molecule has 1 fully saturated rings. The topological polar surface area (TPSA) is 50.8 Å². The Labute approximate surface area is 158 Å². The van der Waals surface area contributed by atoms with Gasteiger partial charge in [-0.1, -0.05) is 25.5 Å². The number of benzene rings is 1. The van der Waals surface area contributed by atoms with Crippen molar-refractivity contribution in [3.05, 3.63) is 28.8 Å². The molecule has 5 heteroatoms. The lowest BCUT2D eigenvalue weighted by Gasteiger charge is -2.32. The maximum atomic E-state index is 11.3. The Balaban J connectivity index is 1.82. The number of nitrogens with zero attached hydrogens (tertiary/aromatic N) is 1. The number of carbonyl (C=O) groups excluding carboxylic acids is 1. The summed E-state index contributed by atoms with van der Waals surface area (Å²) in [4.78, 5) is 13.9. The number of aryl methyl sites for hydroxylation is 2. The van der Waals surface area contributed by atoms with E-state index in [1.165, 1.54) is 58.0 Å². The lowest BCUT2D eigenvalue weighted by atomic mass is 10.0. The van der Waals surface area contributed by atoms with Crippen molar-refractivity contribution in [3.63, 3.8) is 0 Å². The van der Waals surface area contributed by atoms with Gasteiger partial charge >= 0.3 is 5.97 Å². The highest BCUT2D eigenvalue weighted by atomic mass is 16.6. The van der Waals surface area contributed by atoms with Crippen LogP contribution in [0.4, 0.5) is 0 Å². The molecule has 2 rings (SSSR count). The number of methoxy groups -OCH3 is 1. The molecule has 0 bridgehead atoms. The Kier molecular flexibility index (Phi) is 8.39. The minimum atomic E-state index is -0.361. The number of esters is 1. The predicted octanol–water partition coefficient (Wildman–Crippen LogP) is 3.21. The zero-order valence-corrected chi connectivity index (χ0v) is 16.8. The van der Waals surface area contributed by atoms with Gasteiger partial charge in [0.15, 0.2) is 6.61 Å². The van der Waals surface area contributed by atoms with Crippen LogP contribution in [-0.4, -0.2) is 50.3 Å². The van der Waals surface area contributed by atoms with Gasteiger partial charge in [-0.05, 0) is 69.4 Å². The van der Waals surface area contributed by atoms with Crippen LogP contribution in [0.5, 0.6) is 5.75 Å². The van der Waals surface area contributed by atoms with Crippen molar-refractivity contribution in [2.24, 2.45) is 0 Å². The van der Waals surface area contributed by atoms with Crippen molar-refractivity contribution in [2.75, 3.05) is 33.4 Å². The summed E-state index contributed by atoms with van der Waals surface area (Å²) in [5, 5.41) is 3.71. The third-order valence-corrected chi connectivity index (χ3v) is 5.09. The van der Waals surface area contributed by atoms with Gasteiger partial charge in [0.05, 0.1) is 7.11 Å². The summed E-state index contributed by atoms with van der Waals surface area (Å²) in [5.41, 5.74) is 3.37. The van der Waals surface area contributed by atoms with E-state index in [2.05, 4.69) is 34.0 Å². The van der Waals surface area contributed by atoms with E-state index < -0.39 is 0 Å². The summed E-state index contributed by atoms with van der Waals surface area (Å²) >= 11 is 0. The van der Waals surface area contributed by atoms with Crippen molar-refractivity contribution in [2.45, 2.75) is 59.0 Å². The number of hydrogen-bond acceptors (Lipinski definition) is 5. The molecule has 1 aliphatic heterocycles. The van der Waals surface area contributed by atoms with Crippen LogP contribution in [0.3, 0.4) is 0 Å². The molecule has 1 heterocycles. The van der Waals surface area contributed by atoms with Gasteiger partial charge in [-0.2, -0.15) is 0 Å². The molecule has 5 nitrogen and oxygen atoms in total. The molecule has 0 aliphatic carbocycles. The fourth-order valence-corrected chi connectivity index (χ4v) is 3.56. The molecule has 146 valence electrons. The Morgan fingerprint density at radius 2 is 1.88 bits per heavy atom. The molecule has 0 unspecified atom stereocenters. The Hall–Kier alpha value is -1.59. The molecular formula is C21H34N2O3. The molecule has 1 saturated heterocycles. The van der Waals surface area contributed by atoms with E-state index in [-0.39, 0.29) is 12.6 Å². The monoisotopic (exact) mass is 362 g/mol. The largest absolute Gasteiger partial charge is 0.481 e. The first-order valence-corrected chi connectivity index (χ1v) is 9.79. The van der Waals surface area contributed by atoms with E-state index in [1.54, 1.807) is 0 Å². The first kappa shape index (κ1) is 20.7. The number of likely N-dealkylation sites (tertiary alicyclic amines) is 1. The molecule has 0 aromatic heterocycles. The number of nitrogens with one attached hydrogen (secondary N) is 1. The third kappa shape index (κ3) is 6.29. The van der Waals surface area contributed by atoms with Crippen molar-refractivity contribution < 1.29 is 14.3 Å². The molecular weight excluding hydrogens is 328 g/mol. The summed E-state index contributed by atoms with van der Waals surface area (Å²) in [7, 11) is 1.37. The summed E-state index contributed by atoms with van der Waals surface area (Å²) in [6.07, 6.45) is 5.03. The van der Waals surface area contributed by atoms with Crippen LogP contribution in [0.1, 0.15) is 49.3 Å². The zero-order chi connectivity index (χ0) is 18.9. The van der Waals surface area contributed by atoms with E-state index >= 15 is 0 Å². The number of ether oxygens (including phenoxy) is 2. The second-order valence-electron chi connectivity index (χ2n) is 7.27. The Morgan fingerprint density at radius 3 is 2.46 bits per heavy atom. The molecule has 1 aliphatic rings. The number of unbranched alkanes of at least 4 members (excludes halogenated alkanes) is 1. The average Bonchev–Trinajstić information content (AvgIpc) is 2.64. The van der Waals surface area contributed by atoms with Crippen molar-refractivity contribution >= 4 is 5.97 Å². The van der Waals surface area contributed by atoms with Gasteiger partial charge in [0, 0.05) is 12.6 Å². The minimum Gasteiger partial charge on any atom is -0.481 e. The summed E-state index contributed by atoms with van der Waals surface area (Å²) in [6.45, 7) is 10.8. The van der Waals surface area contributed by atoms with Crippen LogP contribution < -0.4 is 10.1 Å². The van der Waals surface area contributed by atoms with E-state index in [1.807, 2.05) is 13.8 Å². The molecule has 0 amide bonds. The number of rotatable bonds is 9. The second-order valence-corrected chi connectivity index (χ2v) is 7.27. The van der Waals surface area contributed by atoms with Crippen LogP contribution in [-0.2, 0) is 16.1 Å². The summed E-state index contributed by atoms with van der Waals surface area (Å²) < 4.78 is 10.2. The third-order valence-electron chi connectivity index (χ3n) is 5.09. The van der Waals surface area contributed by atoms with Crippen molar-refractivity contribution in [1.82, 2.24) is 10.2 Å². The molecule has 0 atom stereocenters. The van der Waals surface area contributed by atoms with E-state index in [0.29, 0.717) is 6.04 Å². The Bertz CT molecular complexity index is 558. The van der Waals surface area contributed by atoms with Crippen LogP contribution >= 0.6 is 0 Å². The number of carbonyl (C=O) groups is 1. The zero-order valence-electron chi connectivity index (χ0n) is 16.8. The highest BCUT2D eigenvalue weighted by Gasteiger charge is 2.18. The molecule has 1 N–H and O–H groups in total. The van der Waals surface area contributed by atoms with Gasteiger partial charge in [0.25, 0.3) is 0 Å². The number of hydrogen-bond donors (Lipinski definition) is 1. The second kappa shape index (κ2) is 10.5. The maximum Gasteiger partial charge on any atom is 0.343 e. The van der Waals surface area contributed by atoms with Crippen LogP contribution in [0.2, 0.25) is 0 Å². The lowest BCUT2D eigenvalue weighted by molar-refractivity contribution is -0.142. The van der Waals surface area contributed by atoms with Crippen LogP contribution in [0.25, 0.3) is 0 Å². The van der Waals surface area contributed by atoms with Crippen molar-refractivity contribution in [1.29, 1.82) is 0 Å². The molecule has 0 radical (unpaired) electrons. The normalized spacial score (nSPS) is 15.8. The first-order valence-electron chi connectivity index (χ1n) is 9.79. The first-order chi connectivity index (χ1) is 12.5.